The molecule has 0 amide bonds. The van der Waals surface area contributed by atoms with Crippen LogP contribution in [0.5, 0.6) is 11.5 Å². The number of halogens is 1. The first-order chi connectivity index (χ1) is 21.1. The number of benzene rings is 2. The summed E-state index contributed by atoms with van der Waals surface area (Å²) in [6, 6.07) is 12.4. The Morgan fingerprint density at radius 2 is 1.82 bits per heavy atom. The van der Waals surface area contributed by atoms with Gasteiger partial charge in [-0.15, -0.1) is 0 Å². The van der Waals surface area contributed by atoms with Crippen LogP contribution in [0.2, 0.25) is 5.02 Å². The van der Waals surface area contributed by atoms with E-state index in [4.69, 9.17) is 35.0 Å². The number of carbonyl (C=O) groups excluding carboxylic acids is 2. The van der Waals surface area contributed by atoms with Crippen molar-refractivity contribution < 1.29 is 33.0 Å². The number of ether oxygens (including phenoxy) is 4. The topological polar surface area (TPSA) is 119 Å². The maximum atomic E-state index is 14.1. The minimum absolute atomic E-state index is 0.209. The molecule has 1 aliphatic heterocycles. The van der Waals surface area contributed by atoms with E-state index in [-0.39, 0.29) is 11.1 Å². The van der Waals surface area contributed by atoms with E-state index in [1.54, 1.807) is 75.4 Å². The number of fused-ring (bicyclic) bond motifs is 1. The molecule has 0 saturated heterocycles. The van der Waals surface area contributed by atoms with E-state index in [1.807, 2.05) is 0 Å². The van der Waals surface area contributed by atoms with Gasteiger partial charge in [0.15, 0.2) is 4.80 Å². The van der Waals surface area contributed by atoms with Gasteiger partial charge in [0.25, 0.3) is 5.56 Å². The second kappa shape index (κ2) is 12.6. The average molecular weight is 637 g/mol. The van der Waals surface area contributed by atoms with Gasteiger partial charge in [-0.2, -0.15) is 0 Å². The molecule has 228 valence electrons. The fourth-order valence-electron chi connectivity index (χ4n) is 4.92. The number of allylic oxidation sites excluding steroid dienone is 1. The van der Waals surface area contributed by atoms with Gasteiger partial charge in [-0.3, -0.25) is 9.36 Å². The Kier molecular flexibility index (Phi) is 8.80. The molecule has 2 aromatic carbocycles. The molecule has 0 N–H and O–H groups in total. The second-order valence-electron chi connectivity index (χ2n) is 10.0. The van der Waals surface area contributed by atoms with Crippen molar-refractivity contribution in [3.05, 3.63) is 101 Å². The quantitative estimate of drug-likeness (QED) is 0.251. The van der Waals surface area contributed by atoms with E-state index in [9.17, 15) is 14.4 Å². The number of carbonyl (C=O) groups is 2. The molecule has 0 fully saturated rings. The molecule has 3 heterocycles. The van der Waals surface area contributed by atoms with Crippen LogP contribution in [0.15, 0.2) is 74.0 Å². The van der Waals surface area contributed by atoms with E-state index in [0.29, 0.717) is 54.2 Å². The fraction of sp³-hybridized carbons (Fsp3) is 0.250. The Morgan fingerprint density at radius 3 is 2.50 bits per heavy atom. The third kappa shape index (κ3) is 5.80. The molecule has 44 heavy (non-hydrogen) atoms. The Hall–Kier alpha value is -4.61. The van der Waals surface area contributed by atoms with Gasteiger partial charge in [0, 0.05) is 22.2 Å². The van der Waals surface area contributed by atoms with E-state index in [2.05, 4.69) is 4.99 Å². The van der Waals surface area contributed by atoms with E-state index in [0.717, 1.165) is 11.3 Å². The molecule has 2 aromatic heterocycles. The number of furan rings is 1. The van der Waals surface area contributed by atoms with Gasteiger partial charge in [0.2, 0.25) is 0 Å². The SMILES string of the molecule is COC(=O)c1ccc(Cl)cc1-c1ccc(/C=c2\sc3n(c2=O)[C@H](c2cc(OC)ccc2OC)C(C(=O)OC(C)C)=C(C)N=3)o1. The minimum atomic E-state index is -0.911. The van der Waals surface area contributed by atoms with E-state index in [1.165, 1.54) is 25.9 Å². The standard InChI is InChI=1S/C32H29ClN2O8S/c1-16(2)42-31(38)27-17(3)34-32-35(28(27)23-14-19(39-4)8-11-24(23)40-5)29(36)26(44-32)15-20-9-12-25(43-20)22-13-18(33)7-10-21(22)30(37)41-6/h7-16,28H,1-6H3/b26-15-/t28-/m1/s1. The lowest BCUT2D eigenvalue weighted by Crippen LogP contribution is -2.40. The summed E-state index contributed by atoms with van der Waals surface area (Å²) in [4.78, 5) is 44.9. The van der Waals surface area contributed by atoms with E-state index < -0.39 is 29.6 Å². The highest BCUT2D eigenvalue weighted by Gasteiger charge is 2.36. The Morgan fingerprint density at radius 1 is 1.05 bits per heavy atom. The Labute approximate surface area is 261 Å². The number of methoxy groups -OCH3 is 3. The fourth-order valence-corrected chi connectivity index (χ4v) is 6.12. The van der Waals surface area contributed by atoms with Crippen LogP contribution in [-0.2, 0) is 14.3 Å². The lowest BCUT2D eigenvalue weighted by Gasteiger charge is -2.26. The van der Waals surface area contributed by atoms with Gasteiger partial charge in [-0.25, -0.2) is 14.6 Å². The molecule has 0 aliphatic carbocycles. The van der Waals surface area contributed by atoms with Crippen LogP contribution < -0.4 is 24.4 Å². The summed E-state index contributed by atoms with van der Waals surface area (Å²) in [6.45, 7) is 5.20. The highest BCUT2D eigenvalue weighted by molar-refractivity contribution is 7.07. The van der Waals surface area contributed by atoms with Gasteiger partial charge in [-0.05, 0) is 69.3 Å². The first-order valence-electron chi connectivity index (χ1n) is 13.5. The predicted octanol–water partition coefficient (Wildman–Crippen LogP) is 4.90. The predicted molar refractivity (Wildman–Crippen MR) is 165 cm³/mol. The van der Waals surface area contributed by atoms with Crippen LogP contribution in [0.4, 0.5) is 0 Å². The summed E-state index contributed by atoms with van der Waals surface area (Å²) in [5, 5.41) is 0.411. The monoisotopic (exact) mass is 636 g/mol. The molecular formula is C32H29ClN2O8S. The number of rotatable bonds is 8. The molecule has 0 bridgehead atoms. The van der Waals surface area contributed by atoms with Crippen molar-refractivity contribution in [3.63, 3.8) is 0 Å². The zero-order valence-corrected chi connectivity index (χ0v) is 26.4. The maximum Gasteiger partial charge on any atom is 0.338 e. The van der Waals surface area contributed by atoms with Crippen LogP contribution in [0, 0.1) is 0 Å². The summed E-state index contributed by atoms with van der Waals surface area (Å²) in [6.07, 6.45) is 1.19. The minimum Gasteiger partial charge on any atom is -0.497 e. The van der Waals surface area contributed by atoms with Crippen molar-refractivity contribution in [2.45, 2.75) is 32.9 Å². The Balaban J connectivity index is 1.68. The summed E-state index contributed by atoms with van der Waals surface area (Å²) in [5.74, 6) is 0.549. The number of esters is 2. The lowest BCUT2D eigenvalue weighted by atomic mass is 9.94. The van der Waals surface area contributed by atoms with Crippen molar-refractivity contribution in [1.82, 2.24) is 4.57 Å². The molecule has 4 aromatic rings. The van der Waals surface area contributed by atoms with Crippen LogP contribution in [0.25, 0.3) is 17.4 Å². The number of nitrogens with zero attached hydrogens (tertiary/aromatic N) is 2. The third-order valence-corrected chi connectivity index (χ3v) is 8.09. The lowest BCUT2D eigenvalue weighted by molar-refractivity contribution is -0.143. The highest BCUT2D eigenvalue weighted by atomic mass is 35.5. The second-order valence-corrected chi connectivity index (χ2v) is 11.5. The molecule has 0 radical (unpaired) electrons. The summed E-state index contributed by atoms with van der Waals surface area (Å²) in [5.41, 5.74) is 1.47. The van der Waals surface area contributed by atoms with Gasteiger partial charge in [-0.1, -0.05) is 22.9 Å². The summed E-state index contributed by atoms with van der Waals surface area (Å²) < 4.78 is 29.4. The van der Waals surface area contributed by atoms with Gasteiger partial charge in [0.1, 0.15) is 29.1 Å². The molecule has 5 rings (SSSR count). The highest BCUT2D eigenvalue weighted by Crippen LogP contribution is 2.38. The first-order valence-corrected chi connectivity index (χ1v) is 14.7. The molecular weight excluding hydrogens is 608 g/mol. The molecule has 1 aliphatic rings. The molecule has 0 unspecified atom stereocenters. The number of aromatic nitrogens is 1. The molecule has 10 nitrogen and oxygen atoms in total. The van der Waals surface area contributed by atoms with Crippen LogP contribution in [0.3, 0.4) is 0 Å². The largest absolute Gasteiger partial charge is 0.497 e. The number of thiazole rings is 1. The molecule has 1 atom stereocenters. The van der Waals surface area contributed by atoms with Crippen molar-refractivity contribution in [1.29, 1.82) is 0 Å². The average Bonchev–Trinajstić information content (AvgIpc) is 3.59. The van der Waals surface area contributed by atoms with Gasteiger partial charge < -0.3 is 23.4 Å². The van der Waals surface area contributed by atoms with E-state index >= 15 is 0 Å². The smallest absolute Gasteiger partial charge is 0.338 e. The number of hydrogen-bond acceptors (Lipinski definition) is 10. The zero-order valence-electron chi connectivity index (χ0n) is 24.8. The van der Waals surface area contributed by atoms with Crippen molar-refractivity contribution in [3.8, 4) is 22.8 Å². The van der Waals surface area contributed by atoms with Gasteiger partial charge >= 0.3 is 11.9 Å². The van der Waals surface area contributed by atoms with Crippen molar-refractivity contribution in [2.75, 3.05) is 21.3 Å². The molecule has 0 saturated carbocycles. The Bertz CT molecular complexity index is 1990. The van der Waals surface area contributed by atoms with Crippen molar-refractivity contribution in [2.24, 2.45) is 4.99 Å². The van der Waals surface area contributed by atoms with Crippen molar-refractivity contribution >= 4 is 41.0 Å². The summed E-state index contributed by atoms with van der Waals surface area (Å²) in [7, 11) is 4.33. The molecule has 12 heteroatoms. The van der Waals surface area contributed by atoms with Crippen LogP contribution in [-0.4, -0.2) is 43.9 Å². The van der Waals surface area contributed by atoms with Crippen LogP contribution in [0.1, 0.15) is 48.5 Å². The normalized spacial score (nSPS) is 14.7. The molecule has 0 spiro atoms. The van der Waals surface area contributed by atoms with Crippen LogP contribution >= 0.6 is 22.9 Å². The third-order valence-electron chi connectivity index (χ3n) is 6.87. The van der Waals surface area contributed by atoms with Gasteiger partial charge in [0.05, 0.1) is 48.8 Å². The summed E-state index contributed by atoms with van der Waals surface area (Å²) >= 11 is 7.34. The number of hydrogen-bond donors (Lipinski definition) is 0. The zero-order chi connectivity index (χ0) is 31.7. The maximum absolute atomic E-state index is 14.1. The first kappa shape index (κ1) is 30.8.